The molecular weight excluding hydrogens is 400 g/mol. The first-order valence-corrected chi connectivity index (χ1v) is 12.0. The Balaban J connectivity index is 1.61. The van der Waals surface area contributed by atoms with E-state index in [9.17, 15) is 0 Å². The van der Waals surface area contributed by atoms with E-state index < -0.39 is 0 Å². The van der Waals surface area contributed by atoms with Crippen LogP contribution in [0.3, 0.4) is 0 Å². The molecule has 0 bridgehead atoms. The number of benzene rings is 3. The van der Waals surface area contributed by atoms with Gasteiger partial charge >= 0.3 is 0 Å². The van der Waals surface area contributed by atoms with Gasteiger partial charge in [-0.05, 0) is 50.5 Å². The highest BCUT2D eigenvalue weighted by atomic mass is 15.0. The zero-order valence-corrected chi connectivity index (χ0v) is 19.3. The van der Waals surface area contributed by atoms with Crippen molar-refractivity contribution >= 4 is 50.2 Å². The number of nitrogens with zero attached hydrogens (tertiary/aromatic N) is 2. The Morgan fingerprint density at radius 2 is 1.36 bits per heavy atom. The van der Waals surface area contributed by atoms with E-state index in [-0.39, 0.29) is 0 Å². The summed E-state index contributed by atoms with van der Waals surface area (Å²) in [6.07, 6.45) is 12.4. The molecule has 162 valence electrons. The molecule has 0 aliphatic heterocycles. The first-order valence-electron chi connectivity index (χ1n) is 12.0. The Labute approximate surface area is 194 Å². The third-order valence-corrected chi connectivity index (χ3v) is 6.95. The molecule has 1 aliphatic carbocycles. The SMILES string of the molecule is C/C=C(\C=C(/CC)n1c2ccccc2c2ccccc21)n1c2c(c3ccccc31)C=CCC2. The van der Waals surface area contributed by atoms with E-state index in [0.29, 0.717) is 0 Å². The predicted molar refractivity (Wildman–Crippen MR) is 143 cm³/mol. The quantitative estimate of drug-likeness (QED) is 0.254. The number of rotatable bonds is 4. The molecule has 2 aromatic heterocycles. The molecule has 0 spiro atoms. The minimum atomic E-state index is 0.946. The van der Waals surface area contributed by atoms with Gasteiger partial charge in [-0.1, -0.05) is 79.7 Å². The number of hydrogen-bond donors (Lipinski definition) is 0. The molecule has 5 aromatic rings. The minimum absolute atomic E-state index is 0.946. The average Bonchev–Trinajstić information content (AvgIpc) is 3.39. The topological polar surface area (TPSA) is 9.86 Å². The van der Waals surface area contributed by atoms with Crippen LogP contribution in [0, 0.1) is 0 Å². The van der Waals surface area contributed by atoms with Crippen LogP contribution in [0.15, 0.2) is 91.0 Å². The normalized spacial score (nSPS) is 14.5. The predicted octanol–water partition coefficient (Wildman–Crippen LogP) is 8.52. The van der Waals surface area contributed by atoms with E-state index in [4.69, 9.17) is 0 Å². The summed E-state index contributed by atoms with van der Waals surface area (Å²) in [4.78, 5) is 0. The summed E-state index contributed by atoms with van der Waals surface area (Å²) in [6.45, 7) is 4.42. The largest absolute Gasteiger partial charge is 0.313 e. The maximum Gasteiger partial charge on any atom is 0.0537 e. The number of aromatic nitrogens is 2. The molecule has 0 radical (unpaired) electrons. The lowest BCUT2D eigenvalue weighted by atomic mass is 10.0. The van der Waals surface area contributed by atoms with E-state index in [0.717, 1.165) is 19.3 Å². The molecule has 0 saturated carbocycles. The van der Waals surface area contributed by atoms with Crippen molar-refractivity contribution in [3.05, 3.63) is 102 Å². The first kappa shape index (κ1) is 19.9. The van der Waals surface area contributed by atoms with Gasteiger partial charge in [-0.25, -0.2) is 0 Å². The van der Waals surface area contributed by atoms with Crippen molar-refractivity contribution in [1.82, 2.24) is 9.13 Å². The monoisotopic (exact) mass is 428 g/mol. The Morgan fingerprint density at radius 3 is 1.97 bits per heavy atom. The fourth-order valence-electron chi connectivity index (χ4n) is 5.47. The summed E-state index contributed by atoms with van der Waals surface area (Å²) in [5.41, 5.74) is 9.16. The molecule has 33 heavy (non-hydrogen) atoms. The minimum Gasteiger partial charge on any atom is -0.313 e. The summed E-state index contributed by atoms with van der Waals surface area (Å²) >= 11 is 0. The van der Waals surface area contributed by atoms with Crippen LogP contribution in [0.4, 0.5) is 0 Å². The molecule has 0 fully saturated rings. The van der Waals surface area contributed by atoms with E-state index in [1.165, 1.54) is 55.4 Å². The maximum absolute atomic E-state index is 2.48. The fraction of sp³-hybridized carbons (Fsp3) is 0.161. The summed E-state index contributed by atoms with van der Waals surface area (Å²) in [6, 6.07) is 26.3. The lowest BCUT2D eigenvalue weighted by Crippen LogP contribution is -2.05. The molecule has 0 unspecified atom stereocenters. The zero-order valence-electron chi connectivity index (χ0n) is 19.3. The Morgan fingerprint density at radius 1 is 0.788 bits per heavy atom. The standard InChI is InChI=1S/C31H28N2/c1-3-22(32-28-17-9-5-13-24(28)25-14-6-10-18-29(25)32)21-23(4-2)33-30-19-11-7-15-26(30)27-16-8-12-20-31(27)33/h3,5-9,11-17,19-21H,4,10,18H2,1-2H3/b22-3+,23-21+. The fourth-order valence-corrected chi connectivity index (χ4v) is 5.47. The number of fused-ring (bicyclic) bond motifs is 6. The van der Waals surface area contributed by atoms with Crippen LogP contribution in [0.2, 0.25) is 0 Å². The molecule has 0 N–H and O–H groups in total. The molecular formula is C31H28N2. The third-order valence-electron chi connectivity index (χ3n) is 6.95. The molecule has 6 rings (SSSR count). The van der Waals surface area contributed by atoms with Crippen LogP contribution in [0.25, 0.3) is 50.2 Å². The Kier molecular flexibility index (Phi) is 4.80. The van der Waals surface area contributed by atoms with Crippen LogP contribution in [0.5, 0.6) is 0 Å². The number of allylic oxidation sites excluding steroid dienone is 5. The van der Waals surface area contributed by atoms with Crippen molar-refractivity contribution in [2.45, 2.75) is 33.1 Å². The zero-order chi connectivity index (χ0) is 22.4. The van der Waals surface area contributed by atoms with Crippen molar-refractivity contribution in [2.24, 2.45) is 0 Å². The third kappa shape index (κ3) is 3.01. The van der Waals surface area contributed by atoms with Gasteiger partial charge in [-0.15, -0.1) is 0 Å². The van der Waals surface area contributed by atoms with Crippen molar-refractivity contribution in [1.29, 1.82) is 0 Å². The maximum atomic E-state index is 2.48. The molecule has 2 heteroatoms. The Hall–Kier alpha value is -3.78. The first-order chi connectivity index (χ1) is 16.3. The highest BCUT2D eigenvalue weighted by Crippen LogP contribution is 2.36. The van der Waals surface area contributed by atoms with Crippen LogP contribution in [-0.2, 0) is 6.42 Å². The summed E-state index contributed by atoms with van der Waals surface area (Å²) < 4.78 is 4.93. The van der Waals surface area contributed by atoms with E-state index in [1.807, 2.05) is 0 Å². The molecule has 1 aliphatic rings. The summed E-state index contributed by atoms with van der Waals surface area (Å²) in [5.74, 6) is 0. The Bertz CT molecular complexity index is 1550. The second kappa shape index (κ2) is 7.97. The van der Waals surface area contributed by atoms with E-state index >= 15 is 0 Å². The molecule has 0 amide bonds. The second-order valence-electron chi connectivity index (χ2n) is 8.73. The van der Waals surface area contributed by atoms with Gasteiger partial charge in [0.15, 0.2) is 0 Å². The number of hydrogen-bond acceptors (Lipinski definition) is 0. The van der Waals surface area contributed by atoms with Crippen molar-refractivity contribution in [3.8, 4) is 0 Å². The van der Waals surface area contributed by atoms with Crippen molar-refractivity contribution in [3.63, 3.8) is 0 Å². The van der Waals surface area contributed by atoms with Gasteiger partial charge in [-0.3, -0.25) is 0 Å². The van der Waals surface area contributed by atoms with Crippen LogP contribution in [-0.4, -0.2) is 9.13 Å². The highest BCUT2D eigenvalue weighted by molar-refractivity contribution is 6.10. The van der Waals surface area contributed by atoms with Crippen LogP contribution >= 0.6 is 0 Å². The van der Waals surface area contributed by atoms with Gasteiger partial charge in [0.1, 0.15) is 0 Å². The molecule has 3 aromatic carbocycles. The second-order valence-corrected chi connectivity index (χ2v) is 8.73. The lowest BCUT2D eigenvalue weighted by molar-refractivity contribution is 0.899. The van der Waals surface area contributed by atoms with Crippen LogP contribution < -0.4 is 0 Å². The summed E-state index contributed by atoms with van der Waals surface area (Å²) in [5, 5.41) is 3.96. The van der Waals surface area contributed by atoms with Gasteiger partial charge in [0, 0.05) is 38.8 Å². The molecule has 2 nitrogen and oxygen atoms in total. The van der Waals surface area contributed by atoms with E-state index in [1.54, 1.807) is 0 Å². The van der Waals surface area contributed by atoms with Crippen molar-refractivity contribution < 1.29 is 0 Å². The van der Waals surface area contributed by atoms with Gasteiger partial charge in [0.05, 0.1) is 16.6 Å². The lowest BCUT2D eigenvalue weighted by Gasteiger charge is -2.17. The number of para-hydroxylation sites is 3. The molecule has 0 saturated heterocycles. The van der Waals surface area contributed by atoms with Crippen molar-refractivity contribution in [2.75, 3.05) is 0 Å². The van der Waals surface area contributed by atoms with Gasteiger partial charge in [0.25, 0.3) is 0 Å². The smallest absolute Gasteiger partial charge is 0.0537 e. The summed E-state index contributed by atoms with van der Waals surface area (Å²) in [7, 11) is 0. The van der Waals surface area contributed by atoms with E-state index in [2.05, 4.69) is 120 Å². The molecule has 2 heterocycles. The van der Waals surface area contributed by atoms with Gasteiger partial charge in [-0.2, -0.15) is 0 Å². The highest BCUT2D eigenvalue weighted by Gasteiger charge is 2.19. The van der Waals surface area contributed by atoms with Gasteiger partial charge in [0.2, 0.25) is 0 Å². The van der Waals surface area contributed by atoms with Gasteiger partial charge < -0.3 is 9.13 Å². The van der Waals surface area contributed by atoms with Crippen LogP contribution in [0.1, 0.15) is 37.9 Å². The average molecular weight is 429 g/mol. The molecule has 0 atom stereocenters.